The predicted molar refractivity (Wildman–Crippen MR) is 120 cm³/mol. The number of aliphatic imine (C=N–C) groups is 1. The van der Waals surface area contributed by atoms with Gasteiger partial charge in [-0.05, 0) is 6.72 Å². The summed E-state index contributed by atoms with van der Waals surface area (Å²) in [6.07, 6.45) is -1.65. The SMILES string of the molecule is C=NC(=O)[C@H](CCC(=O)O)NC(=O)[C@H](C)C(=S)NC(=O)[C@H](CCC(=O)O)NC(=O)[I-]CCC(=O)O. The van der Waals surface area contributed by atoms with Gasteiger partial charge in [-0.1, -0.05) is 0 Å². The van der Waals surface area contributed by atoms with Crippen molar-refractivity contribution in [1.82, 2.24) is 16.0 Å². The van der Waals surface area contributed by atoms with E-state index in [-0.39, 0.29) is 28.7 Å². The van der Waals surface area contributed by atoms with Crippen LogP contribution in [0.1, 0.15) is 39.0 Å². The van der Waals surface area contributed by atoms with Crippen LogP contribution < -0.4 is 37.2 Å². The Hall–Kier alpha value is -3.02. The molecule has 14 nitrogen and oxygen atoms in total. The maximum atomic E-state index is 12.6. The molecular weight excluding hydrogens is 603 g/mol. The molecule has 0 aliphatic rings. The molecule has 0 unspecified atom stereocenters. The van der Waals surface area contributed by atoms with Gasteiger partial charge >= 0.3 is 199 Å². The van der Waals surface area contributed by atoms with Crippen LogP contribution in [0.15, 0.2) is 4.99 Å². The van der Waals surface area contributed by atoms with Crippen LogP contribution in [0.4, 0.5) is 4.79 Å². The molecule has 0 saturated heterocycles. The minimum absolute atomic E-state index is 0.115. The van der Waals surface area contributed by atoms with E-state index in [1.165, 1.54) is 6.92 Å². The van der Waals surface area contributed by atoms with Crippen molar-refractivity contribution < 1.29 is 70.1 Å². The number of rotatable bonds is 16. The fraction of sp³-hybridized carbons (Fsp3) is 0.526. The molecule has 0 aliphatic carbocycles. The molecule has 4 amide bonds. The topological polar surface area (TPSA) is 229 Å². The Morgan fingerprint density at radius 2 is 1.37 bits per heavy atom. The Kier molecular flexibility index (Phi) is 15.1. The third-order valence-corrected chi connectivity index (χ3v) is 6.76. The van der Waals surface area contributed by atoms with Crippen molar-refractivity contribution in [3.8, 4) is 0 Å². The first kappa shape index (κ1) is 32.0. The Labute approximate surface area is 215 Å². The van der Waals surface area contributed by atoms with Gasteiger partial charge in [-0.2, -0.15) is 0 Å². The summed E-state index contributed by atoms with van der Waals surface area (Å²) < 4.78 is -0.450. The van der Waals surface area contributed by atoms with Crippen molar-refractivity contribution in [2.45, 2.75) is 51.1 Å². The van der Waals surface area contributed by atoms with E-state index in [2.05, 4.69) is 27.7 Å². The van der Waals surface area contributed by atoms with E-state index in [1.807, 2.05) is 0 Å². The van der Waals surface area contributed by atoms with Crippen LogP contribution in [-0.4, -0.2) is 83.1 Å². The minimum atomic E-state index is -1.30. The zero-order valence-corrected chi connectivity index (χ0v) is 21.6. The molecule has 0 aromatic carbocycles. The molecule has 0 heterocycles. The fourth-order valence-corrected chi connectivity index (χ4v) is 4.32. The monoisotopic (exact) mass is 629 g/mol. The summed E-state index contributed by atoms with van der Waals surface area (Å²) in [5.74, 6) is -7.21. The number of carbonyl (C=O) groups is 7. The van der Waals surface area contributed by atoms with Crippen molar-refractivity contribution in [2.75, 3.05) is 4.43 Å². The van der Waals surface area contributed by atoms with Gasteiger partial charge in [-0.15, -0.1) is 0 Å². The van der Waals surface area contributed by atoms with Crippen LogP contribution >= 0.6 is 12.2 Å². The number of aliphatic carboxylic acids is 3. The number of hydrogen-bond donors (Lipinski definition) is 6. The van der Waals surface area contributed by atoms with E-state index in [4.69, 9.17) is 27.5 Å². The van der Waals surface area contributed by atoms with Gasteiger partial charge in [-0.25, -0.2) is 0 Å². The molecule has 0 radical (unpaired) electrons. The van der Waals surface area contributed by atoms with Crippen molar-refractivity contribution >= 4 is 63.5 Å². The quantitative estimate of drug-likeness (QED) is 0.0242. The van der Waals surface area contributed by atoms with Crippen LogP contribution in [0.5, 0.6) is 0 Å². The number of amides is 4. The molecule has 16 heteroatoms. The Morgan fingerprint density at radius 3 is 1.86 bits per heavy atom. The Balaban J connectivity index is 5.17. The third kappa shape index (κ3) is 14.1. The molecule has 196 valence electrons. The first-order chi connectivity index (χ1) is 16.3. The van der Waals surface area contributed by atoms with Crippen molar-refractivity contribution in [1.29, 1.82) is 0 Å². The first-order valence-electron chi connectivity index (χ1n) is 9.99. The number of alkyl halides is 1. The second-order valence-corrected chi connectivity index (χ2v) is 10.2. The number of carboxylic acids is 3. The maximum absolute atomic E-state index is 12.6. The Bertz CT molecular complexity index is 882. The van der Waals surface area contributed by atoms with Crippen molar-refractivity contribution in [2.24, 2.45) is 10.9 Å². The van der Waals surface area contributed by atoms with Crippen molar-refractivity contribution in [3.05, 3.63) is 0 Å². The van der Waals surface area contributed by atoms with Gasteiger partial charge in [0.05, 0.1) is 0 Å². The summed E-state index contributed by atoms with van der Waals surface area (Å²) in [7, 11) is 0. The van der Waals surface area contributed by atoms with Gasteiger partial charge in [0.25, 0.3) is 0 Å². The second kappa shape index (κ2) is 16.6. The third-order valence-electron chi connectivity index (χ3n) is 4.23. The van der Waals surface area contributed by atoms with Gasteiger partial charge in [0.1, 0.15) is 0 Å². The molecule has 0 aliphatic heterocycles. The summed E-state index contributed by atoms with van der Waals surface area (Å²) in [4.78, 5) is 84.1. The molecule has 0 rings (SSSR count). The molecule has 0 spiro atoms. The molecule has 3 atom stereocenters. The van der Waals surface area contributed by atoms with E-state index in [1.54, 1.807) is 0 Å². The van der Waals surface area contributed by atoms with E-state index in [0.29, 0.717) is 0 Å². The summed E-state index contributed by atoms with van der Waals surface area (Å²) >= 11 is 3.78. The molecule has 0 fully saturated rings. The standard InChI is InChI=1S/C19H26IN4O10S/c1-9(15(31)22-10(16(32)21-2)3-5-12(25)26)18(35)24-17(33)11(4-6-13(27)28)23-19(34)20-8-7-14(29)30/h9-11H,2-8H2,1H3,(H,22,31)(H,23,34)(H,25,26)(H,27,28)(H,29,30)(H,24,33,35)/q-1/t9-,10-,11-/m0/s1. The number of hydrogen-bond acceptors (Lipinski definition) is 8. The summed E-state index contributed by atoms with van der Waals surface area (Å²) in [6.45, 7) is 4.36. The van der Waals surface area contributed by atoms with Crippen LogP contribution in [0.3, 0.4) is 0 Å². The van der Waals surface area contributed by atoms with Crippen LogP contribution in [-0.2, 0) is 28.8 Å². The van der Waals surface area contributed by atoms with Gasteiger partial charge < -0.3 is 5.11 Å². The van der Waals surface area contributed by atoms with E-state index < -0.39 is 91.6 Å². The molecular formula is C19H26IN4O10S-. The normalized spacial score (nSPS) is 12.9. The molecule has 0 aromatic heterocycles. The number of carbonyl (C=O) groups excluding carboxylic acids is 4. The summed E-state index contributed by atoms with van der Waals surface area (Å²) in [5.41, 5.74) is 0. The van der Waals surface area contributed by atoms with Gasteiger partial charge in [-0.3, -0.25) is 4.79 Å². The predicted octanol–water partition coefficient (Wildman–Crippen LogP) is -3.85. The van der Waals surface area contributed by atoms with E-state index in [9.17, 15) is 33.6 Å². The van der Waals surface area contributed by atoms with Crippen LogP contribution in [0, 0.1) is 5.92 Å². The molecule has 0 bridgehead atoms. The molecule has 35 heavy (non-hydrogen) atoms. The van der Waals surface area contributed by atoms with E-state index >= 15 is 0 Å². The summed E-state index contributed by atoms with van der Waals surface area (Å²) in [6, 6.07) is -2.57. The average molecular weight is 629 g/mol. The number of thiocarbonyl (C=S) groups is 1. The zero-order valence-electron chi connectivity index (χ0n) is 18.6. The Morgan fingerprint density at radius 1 is 0.857 bits per heavy atom. The molecule has 6 N–H and O–H groups in total. The number of halogens is 1. The van der Waals surface area contributed by atoms with Crippen LogP contribution in [0.2, 0.25) is 0 Å². The van der Waals surface area contributed by atoms with Gasteiger partial charge in [0.2, 0.25) is 0 Å². The second-order valence-electron chi connectivity index (χ2n) is 6.93. The van der Waals surface area contributed by atoms with Gasteiger partial charge in [0.15, 0.2) is 0 Å². The van der Waals surface area contributed by atoms with Gasteiger partial charge in [0, 0.05) is 0 Å². The average Bonchev–Trinajstić information content (AvgIpc) is 2.77. The summed E-state index contributed by atoms with van der Waals surface area (Å²) in [5, 5.41) is 33.2. The molecule has 0 aromatic rings. The number of carboxylic acid groups (broad SMARTS) is 3. The molecule has 0 saturated carbocycles. The van der Waals surface area contributed by atoms with E-state index in [0.717, 1.165) is 0 Å². The fourth-order valence-electron chi connectivity index (χ4n) is 2.29. The van der Waals surface area contributed by atoms with Crippen molar-refractivity contribution in [3.63, 3.8) is 0 Å². The number of nitrogens with zero attached hydrogens (tertiary/aromatic N) is 1. The first-order valence-corrected chi connectivity index (χ1v) is 13.0. The van der Waals surface area contributed by atoms with Crippen LogP contribution in [0.25, 0.3) is 0 Å². The number of nitrogens with one attached hydrogen (secondary N) is 3. The zero-order chi connectivity index (χ0) is 27.1.